The monoisotopic (exact) mass is 226 g/mol. The van der Waals surface area contributed by atoms with Crippen molar-refractivity contribution in [3.63, 3.8) is 0 Å². The largest absolute Gasteiger partial charge is 0.480 e. The number of aliphatic carboxylic acids is 1. The van der Waals surface area contributed by atoms with Crippen LogP contribution in [0, 0.1) is 0 Å². The molecule has 5 nitrogen and oxygen atoms in total. The lowest BCUT2D eigenvalue weighted by Gasteiger charge is -2.43. The van der Waals surface area contributed by atoms with Crippen LogP contribution in [0.4, 0.5) is 0 Å². The fourth-order valence-electron chi connectivity index (χ4n) is 2.55. The Morgan fingerprint density at radius 1 is 1.25 bits per heavy atom. The summed E-state index contributed by atoms with van der Waals surface area (Å²) in [6.07, 6.45) is 3.57. The predicted molar refractivity (Wildman–Crippen MR) is 57.8 cm³/mol. The Labute approximate surface area is 94.6 Å². The molecular weight excluding hydrogens is 208 g/mol. The summed E-state index contributed by atoms with van der Waals surface area (Å²) in [5.74, 6) is -1.11. The van der Waals surface area contributed by atoms with Gasteiger partial charge >= 0.3 is 5.97 Å². The summed E-state index contributed by atoms with van der Waals surface area (Å²) < 4.78 is 0. The average Bonchev–Trinajstić information content (AvgIpc) is 2.57. The molecule has 1 aliphatic heterocycles. The van der Waals surface area contributed by atoms with Gasteiger partial charge in [-0.2, -0.15) is 0 Å². The van der Waals surface area contributed by atoms with Crippen LogP contribution in [0.25, 0.3) is 0 Å². The Hall–Kier alpha value is -1.10. The van der Waals surface area contributed by atoms with Gasteiger partial charge in [0, 0.05) is 6.54 Å². The van der Waals surface area contributed by atoms with E-state index in [4.69, 9.17) is 5.73 Å². The molecule has 1 heterocycles. The van der Waals surface area contributed by atoms with E-state index in [-0.39, 0.29) is 5.91 Å². The van der Waals surface area contributed by atoms with Crippen molar-refractivity contribution in [2.45, 2.75) is 50.1 Å². The molecule has 1 saturated heterocycles. The van der Waals surface area contributed by atoms with Crippen molar-refractivity contribution in [3.8, 4) is 0 Å². The van der Waals surface area contributed by atoms with Gasteiger partial charge < -0.3 is 15.7 Å². The summed E-state index contributed by atoms with van der Waals surface area (Å²) in [6.45, 7) is 2.13. The van der Waals surface area contributed by atoms with Gasteiger partial charge in [-0.25, -0.2) is 4.79 Å². The summed E-state index contributed by atoms with van der Waals surface area (Å²) in [7, 11) is 0. The Morgan fingerprint density at radius 2 is 1.88 bits per heavy atom. The number of hydrogen-bond donors (Lipinski definition) is 2. The van der Waals surface area contributed by atoms with Crippen LogP contribution in [0.2, 0.25) is 0 Å². The Bertz CT molecular complexity index is 338. The quantitative estimate of drug-likeness (QED) is 0.711. The van der Waals surface area contributed by atoms with Crippen molar-refractivity contribution in [1.82, 2.24) is 4.90 Å². The van der Waals surface area contributed by atoms with Crippen molar-refractivity contribution >= 4 is 11.9 Å². The lowest BCUT2D eigenvalue weighted by molar-refractivity contribution is -0.159. The second kappa shape index (κ2) is 3.45. The van der Waals surface area contributed by atoms with Crippen molar-refractivity contribution in [1.29, 1.82) is 0 Å². The molecule has 0 aromatic rings. The van der Waals surface area contributed by atoms with E-state index in [1.165, 1.54) is 4.90 Å². The Morgan fingerprint density at radius 3 is 2.31 bits per heavy atom. The molecule has 0 aromatic heterocycles. The van der Waals surface area contributed by atoms with Gasteiger partial charge in [0.1, 0.15) is 5.54 Å². The number of hydrogen-bond acceptors (Lipinski definition) is 3. The zero-order valence-corrected chi connectivity index (χ0v) is 9.53. The third-order valence-corrected chi connectivity index (χ3v) is 4.02. The topological polar surface area (TPSA) is 83.6 Å². The molecule has 1 unspecified atom stereocenters. The highest BCUT2D eigenvalue weighted by atomic mass is 16.4. The summed E-state index contributed by atoms with van der Waals surface area (Å²) in [5.41, 5.74) is 4.12. The maximum Gasteiger partial charge on any atom is 0.329 e. The number of carboxylic acids is 1. The highest BCUT2D eigenvalue weighted by Crippen LogP contribution is 2.37. The zero-order valence-electron chi connectivity index (χ0n) is 9.53. The van der Waals surface area contributed by atoms with Crippen LogP contribution in [0.1, 0.15) is 39.0 Å². The molecular formula is C11H18N2O3. The van der Waals surface area contributed by atoms with E-state index in [1.54, 1.807) is 6.92 Å². The number of amides is 1. The number of carbonyl (C=O) groups excluding carboxylic acids is 1. The van der Waals surface area contributed by atoms with E-state index in [2.05, 4.69) is 0 Å². The first-order valence-electron chi connectivity index (χ1n) is 5.74. The molecule has 1 amide bonds. The van der Waals surface area contributed by atoms with Gasteiger partial charge in [-0.3, -0.25) is 4.79 Å². The molecule has 90 valence electrons. The molecule has 1 atom stereocenters. The smallest absolute Gasteiger partial charge is 0.329 e. The van der Waals surface area contributed by atoms with Crippen LogP contribution in [0.15, 0.2) is 0 Å². The number of carboxylic acid groups (broad SMARTS) is 1. The lowest BCUT2D eigenvalue weighted by Crippen LogP contribution is -2.64. The zero-order chi connectivity index (χ0) is 12.0. The molecule has 16 heavy (non-hydrogen) atoms. The number of carbonyl (C=O) groups is 2. The van der Waals surface area contributed by atoms with E-state index >= 15 is 0 Å². The van der Waals surface area contributed by atoms with Crippen LogP contribution in [0.3, 0.4) is 0 Å². The number of nitrogens with zero attached hydrogens (tertiary/aromatic N) is 1. The maximum absolute atomic E-state index is 12.2. The molecule has 0 radical (unpaired) electrons. The summed E-state index contributed by atoms with van der Waals surface area (Å²) >= 11 is 0. The average molecular weight is 226 g/mol. The van der Waals surface area contributed by atoms with Gasteiger partial charge in [0.25, 0.3) is 0 Å². The molecule has 1 aliphatic carbocycles. The molecule has 0 spiro atoms. The first kappa shape index (κ1) is 11.4. The fraction of sp³-hybridized carbons (Fsp3) is 0.818. The van der Waals surface area contributed by atoms with Gasteiger partial charge in [-0.1, -0.05) is 0 Å². The highest BCUT2D eigenvalue weighted by Gasteiger charge is 2.52. The molecule has 2 aliphatic rings. The van der Waals surface area contributed by atoms with E-state index in [0.717, 1.165) is 12.8 Å². The molecule has 3 N–H and O–H groups in total. The van der Waals surface area contributed by atoms with E-state index in [1.807, 2.05) is 0 Å². The minimum atomic E-state index is -1.06. The second-order valence-corrected chi connectivity index (χ2v) is 5.15. The SMILES string of the molecule is CC1(C(=O)O)CCCN1C(=O)C1(N)CCC1. The maximum atomic E-state index is 12.2. The van der Waals surface area contributed by atoms with Crippen molar-refractivity contribution in [3.05, 3.63) is 0 Å². The van der Waals surface area contributed by atoms with Gasteiger partial charge in [-0.05, 0) is 39.0 Å². The van der Waals surface area contributed by atoms with E-state index < -0.39 is 17.0 Å². The normalized spacial score (nSPS) is 32.2. The molecule has 2 fully saturated rings. The van der Waals surface area contributed by atoms with Crippen molar-refractivity contribution < 1.29 is 14.7 Å². The lowest BCUT2D eigenvalue weighted by atomic mass is 9.76. The molecule has 5 heteroatoms. The number of rotatable bonds is 2. The Balaban J connectivity index is 2.20. The van der Waals surface area contributed by atoms with Crippen LogP contribution in [-0.2, 0) is 9.59 Å². The van der Waals surface area contributed by atoms with Crippen LogP contribution in [-0.4, -0.2) is 39.5 Å². The summed E-state index contributed by atoms with van der Waals surface area (Å²) in [5, 5.41) is 9.21. The summed E-state index contributed by atoms with van der Waals surface area (Å²) in [4.78, 5) is 24.9. The minimum absolute atomic E-state index is 0.179. The number of likely N-dealkylation sites (tertiary alicyclic amines) is 1. The van der Waals surface area contributed by atoms with Crippen molar-refractivity contribution in [2.24, 2.45) is 5.73 Å². The van der Waals surface area contributed by atoms with Gasteiger partial charge in [0.05, 0.1) is 5.54 Å². The third-order valence-electron chi connectivity index (χ3n) is 4.02. The van der Waals surface area contributed by atoms with Crippen LogP contribution < -0.4 is 5.73 Å². The molecule has 2 rings (SSSR count). The van der Waals surface area contributed by atoms with E-state index in [0.29, 0.717) is 25.8 Å². The standard InChI is InChI=1S/C11H18N2O3/c1-10(9(15)16)4-3-7-13(10)8(14)11(12)5-2-6-11/h2-7,12H2,1H3,(H,15,16). The first-order valence-corrected chi connectivity index (χ1v) is 5.74. The molecule has 1 saturated carbocycles. The molecule has 0 bridgehead atoms. The van der Waals surface area contributed by atoms with Crippen molar-refractivity contribution in [2.75, 3.05) is 6.54 Å². The van der Waals surface area contributed by atoms with E-state index in [9.17, 15) is 14.7 Å². The minimum Gasteiger partial charge on any atom is -0.480 e. The van der Waals surface area contributed by atoms with Crippen LogP contribution >= 0.6 is 0 Å². The third kappa shape index (κ3) is 1.42. The second-order valence-electron chi connectivity index (χ2n) is 5.15. The highest BCUT2D eigenvalue weighted by molar-refractivity contribution is 5.93. The predicted octanol–water partition coefficient (Wildman–Crippen LogP) is 0.333. The molecule has 0 aromatic carbocycles. The van der Waals surface area contributed by atoms with Crippen LogP contribution in [0.5, 0.6) is 0 Å². The number of nitrogens with two attached hydrogens (primary N) is 1. The van der Waals surface area contributed by atoms with Gasteiger partial charge in [0.2, 0.25) is 5.91 Å². The first-order chi connectivity index (χ1) is 7.40. The van der Waals surface area contributed by atoms with Gasteiger partial charge in [-0.15, -0.1) is 0 Å². The summed E-state index contributed by atoms with van der Waals surface area (Å²) in [6, 6.07) is 0. The fourth-order valence-corrected chi connectivity index (χ4v) is 2.55. The van der Waals surface area contributed by atoms with Gasteiger partial charge in [0.15, 0.2) is 0 Å². The Kier molecular flexibility index (Phi) is 2.45.